The number of aromatic hydroxyl groups is 1. The van der Waals surface area contributed by atoms with Gasteiger partial charge in [0, 0.05) is 6.04 Å². The van der Waals surface area contributed by atoms with Crippen LogP contribution < -0.4 is 5.73 Å². The van der Waals surface area contributed by atoms with Gasteiger partial charge in [-0.05, 0) is 31.0 Å². The SMILES string of the molecule is CC(N)Cc1ccc(O)cc1C(=O)O. The Labute approximate surface area is 82.0 Å². The van der Waals surface area contributed by atoms with Gasteiger partial charge in [0.2, 0.25) is 0 Å². The molecule has 1 aromatic carbocycles. The van der Waals surface area contributed by atoms with Crippen molar-refractivity contribution in [2.75, 3.05) is 0 Å². The number of hydrogen-bond acceptors (Lipinski definition) is 3. The summed E-state index contributed by atoms with van der Waals surface area (Å²) in [5, 5.41) is 18.0. The van der Waals surface area contributed by atoms with E-state index in [0.29, 0.717) is 12.0 Å². The van der Waals surface area contributed by atoms with E-state index in [2.05, 4.69) is 0 Å². The van der Waals surface area contributed by atoms with Crippen molar-refractivity contribution >= 4 is 5.97 Å². The van der Waals surface area contributed by atoms with Crippen molar-refractivity contribution < 1.29 is 15.0 Å². The summed E-state index contributed by atoms with van der Waals surface area (Å²) in [7, 11) is 0. The standard InChI is InChI=1S/C10H13NO3/c1-6(11)4-7-2-3-8(12)5-9(7)10(13)14/h2-3,5-6,12H,4,11H2,1H3,(H,13,14). The highest BCUT2D eigenvalue weighted by Gasteiger charge is 2.11. The Morgan fingerprint density at radius 1 is 1.57 bits per heavy atom. The molecule has 0 aromatic heterocycles. The van der Waals surface area contributed by atoms with E-state index in [4.69, 9.17) is 15.9 Å². The van der Waals surface area contributed by atoms with Crippen LogP contribution in [-0.2, 0) is 6.42 Å². The Bertz CT molecular complexity index is 347. The number of nitrogens with two attached hydrogens (primary N) is 1. The number of phenolic OH excluding ortho intramolecular Hbond substituents is 1. The third kappa shape index (κ3) is 2.47. The average Bonchev–Trinajstić information content (AvgIpc) is 2.07. The van der Waals surface area contributed by atoms with Crippen LogP contribution in [0.3, 0.4) is 0 Å². The fourth-order valence-electron chi connectivity index (χ4n) is 1.29. The van der Waals surface area contributed by atoms with Gasteiger partial charge in [0.25, 0.3) is 0 Å². The Morgan fingerprint density at radius 2 is 2.21 bits per heavy atom. The van der Waals surface area contributed by atoms with Gasteiger partial charge in [0.1, 0.15) is 5.75 Å². The second-order valence-electron chi connectivity index (χ2n) is 3.33. The Hall–Kier alpha value is -1.55. The number of carbonyl (C=O) groups is 1. The number of hydrogen-bond donors (Lipinski definition) is 3. The average molecular weight is 195 g/mol. The molecule has 0 aliphatic rings. The van der Waals surface area contributed by atoms with Crippen molar-refractivity contribution in [1.29, 1.82) is 0 Å². The van der Waals surface area contributed by atoms with Gasteiger partial charge < -0.3 is 15.9 Å². The third-order valence-electron chi connectivity index (χ3n) is 1.87. The quantitative estimate of drug-likeness (QED) is 0.671. The molecule has 4 N–H and O–H groups in total. The molecule has 1 rings (SSSR count). The van der Waals surface area contributed by atoms with Crippen LogP contribution in [0, 0.1) is 0 Å². The largest absolute Gasteiger partial charge is 0.508 e. The molecule has 4 heteroatoms. The van der Waals surface area contributed by atoms with Crippen LogP contribution in [0.25, 0.3) is 0 Å². The van der Waals surface area contributed by atoms with Crippen LogP contribution >= 0.6 is 0 Å². The third-order valence-corrected chi connectivity index (χ3v) is 1.87. The lowest BCUT2D eigenvalue weighted by atomic mass is 10.0. The predicted molar refractivity (Wildman–Crippen MR) is 52.4 cm³/mol. The number of benzene rings is 1. The Morgan fingerprint density at radius 3 is 2.71 bits per heavy atom. The van der Waals surface area contributed by atoms with Crippen molar-refractivity contribution in [3.05, 3.63) is 29.3 Å². The molecule has 0 fully saturated rings. The molecule has 0 saturated carbocycles. The highest BCUT2D eigenvalue weighted by molar-refractivity contribution is 5.89. The monoisotopic (exact) mass is 195 g/mol. The second kappa shape index (κ2) is 4.11. The zero-order valence-electron chi connectivity index (χ0n) is 7.90. The molecule has 0 amide bonds. The summed E-state index contributed by atoms with van der Waals surface area (Å²) < 4.78 is 0. The van der Waals surface area contributed by atoms with E-state index in [0.717, 1.165) is 0 Å². The van der Waals surface area contributed by atoms with E-state index in [1.807, 2.05) is 0 Å². The van der Waals surface area contributed by atoms with Crippen molar-refractivity contribution in [2.45, 2.75) is 19.4 Å². The Balaban J connectivity index is 3.08. The lowest BCUT2D eigenvalue weighted by Gasteiger charge is -2.08. The topological polar surface area (TPSA) is 83.5 Å². The van der Waals surface area contributed by atoms with E-state index in [9.17, 15) is 4.79 Å². The van der Waals surface area contributed by atoms with Gasteiger partial charge in [0.05, 0.1) is 5.56 Å². The molecule has 4 nitrogen and oxygen atoms in total. The summed E-state index contributed by atoms with van der Waals surface area (Å²) in [6.07, 6.45) is 0.488. The molecule has 14 heavy (non-hydrogen) atoms. The van der Waals surface area contributed by atoms with Crippen molar-refractivity contribution in [3.63, 3.8) is 0 Å². The Kier molecular flexibility index (Phi) is 3.09. The summed E-state index contributed by atoms with van der Waals surface area (Å²) in [5.41, 5.74) is 6.33. The number of carboxylic acids is 1. The van der Waals surface area contributed by atoms with Crippen LogP contribution in [0.1, 0.15) is 22.8 Å². The van der Waals surface area contributed by atoms with Gasteiger partial charge in [-0.15, -0.1) is 0 Å². The van der Waals surface area contributed by atoms with E-state index in [-0.39, 0.29) is 17.4 Å². The molecule has 0 heterocycles. The molecule has 0 aliphatic heterocycles. The molecule has 1 atom stereocenters. The molecule has 0 saturated heterocycles. The minimum absolute atomic E-state index is 0.0455. The maximum Gasteiger partial charge on any atom is 0.336 e. The number of phenols is 1. The molecular formula is C10H13NO3. The number of aromatic carboxylic acids is 1. The van der Waals surface area contributed by atoms with Gasteiger partial charge in [-0.2, -0.15) is 0 Å². The zero-order chi connectivity index (χ0) is 10.7. The smallest absolute Gasteiger partial charge is 0.336 e. The minimum atomic E-state index is -1.04. The molecule has 1 aromatic rings. The molecular weight excluding hydrogens is 182 g/mol. The lowest BCUT2D eigenvalue weighted by molar-refractivity contribution is 0.0695. The lowest BCUT2D eigenvalue weighted by Crippen LogP contribution is -2.19. The van der Waals surface area contributed by atoms with Crippen LogP contribution in [0.2, 0.25) is 0 Å². The van der Waals surface area contributed by atoms with Gasteiger partial charge >= 0.3 is 5.97 Å². The van der Waals surface area contributed by atoms with Crippen molar-refractivity contribution in [1.82, 2.24) is 0 Å². The second-order valence-corrected chi connectivity index (χ2v) is 3.33. The first-order valence-corrected chi connectivity index (χ1v) is 4.31. The van der Waals surface area contributed by atoms with Crippen LogP contribution in [0.4, 0.5) is 0 Å². The minimum Gasteiger partial charge on any atom is -0.508 e. The molecule has 0 aliphatic carbocycles. The highest BCUT2D eigenvalue weighted by Crippen LogP contribution is 2.17. The molecule has 76 valence electrons. The molecule has 0 spiro atoms. The fraction of sp³-hybridized carbons (Fsp3) is 0.300. The summed E-state index contributed by atoms with van der Waals surface area (Å²) >= 11 is 0. The highest BCUT2D eigenvalue weighted by atomic mass is 16.4. The molecule has 1 unspecified atom stereocenters. The normalized spacial score (nSPS) is 12.4. The van der Waals surface area contributed by atoms with Crippen LogP contribution in [-0.4, -0.2) is 22.2 Å². The maximum atomic E-state index is 10.8. The summed E-state index contributed by atoms with van der Waals surface area (Å²) in [4.78, 5) is 10.8. The van der Waals surface area contributed by atoms with Crippen LogP contribution in [0.5, 0.6) is 5.75 Å². The van der Waals surface area contributed by atoms with E-state index < -0.39 is 5.97 Å². The van der Waals surface area contributed by atoms with Gasteiger partial charge in [0.15, 0.2) is 0 Å². The summed E-state index contributed by atoms with van der Waals surface area (Å²) in [6, 6.07) is 4.18. The van der Waals surface area contributed by atoms with E-state index >= 15 is 0 Å². The van der Waals surface area contributed by atoms with Gasteiger partial charge in [-0.3, -0.25) is 0 Å². The molecule has 0 bridgehead atoms. The number of carboxylic acid groups (broad SMARTS) is 1. The first-order chi connectivity index (χ1) is 6.50. The predicted octanol–water partition coefficient (Wildman–Crippen LogP) is 0.980. The number of rotatable bonds is 3. The molecule has 0 radical (unpaired) electrons. The summed E-state index contributed by atoms with van der Waals surface area (Å²) in [5.74, 6) is -1.09. The van der Waals surface area contributed by atoms with E-state index in [1.54, 1.807) is 13.0 Å². The maximum absolute atomic E-state index is 10.8. The zero-order valence-corrected chi connectivity index (χ0v) is 7.90. The van der Waals surface area contributed by atoms with Gasteiger partial charge in [-0.25, -0.2) is 4.79 Å². The first kappa shape index (κ1) is 10.5. The van der Waals surface area contributed by atoms with Crippen LogP contribution in [0.15, 0.2) is 18.2 Å². The van der Waals surface area contributed by atoms with E-state index in [1.165, 1.54) is 12.1 Å². The van der Waals surface area contributed by atoms with Gasteiger partial charge in [-0.1, -0.05) is 6.07 Å². The first-order valence-electron chi connectivity index (χ1n) is 4.31. The summed E-state index contributed by atoms with van der Waals surface area (Å²) in [6.45, 7) is 1.80. The van der Waals surface area contributed by atoms with Crippen molar-refractivity contribution in [3.8, 4) is 5.75 Å². The fourth-order valence-corrected chi connectivity index (χ4v) is 1.29. The van der Waals surface area contributed by atoms with Crippen molar-refractivity contribution in [2.24, 2.45) is 5.73 Å².